The summed E-state index contributed by atoms with van der Waals surface area (Å²) < 4.78 is 26.6. The molecule has 0 aliphatic carbocycles. The van der Waals surface area contributed by atoms with Gasteiger partial charge in [0.2, 0.25) is 15.9 Å². The predicted molar refractivity (Wildman–Crippen MR) is 88.4 cm³/mol. The lowest BCUT2D eigenvalue weighted by atomic mass is 10.1. The lowest BCUT2D eigenvalue weighted by Gasteiger charge is -2.24. The number of aryl methyl sites for hydroxylation is 3. The number of likely N-dealkylation sites (N-methyl/N-ethyl adjacent to an activating group) is 1. The fourth-order valence-corrected chi connectivity index (χ4v) is 4.01. The Morgan fingerprint density at radius 2 is 1.59 bits per heavy atom. The normalized spacial score (nSPS) is 12.5. The number of amides is 1. The van der Waals surface area contributed by atoms with Crippen LogP contribution in [-0.2, 0) is 14.8 Å². The number of carbonyl (C=O) groups excluding carboxylic acids is 1. The van der Waals surface area contributed by atoms with Crippen LogP contribution in [0.1, 0.15) is 37.5 Å². The van der Waals surface area contributed by atoms with E-state index in [0.717, 1.165) is 9.87 Å². The summed E-state index contributed by atoms with van der Waals surface area (Å²) in [5.41, 5.74) is 2.01. The molecule has 1 aromatic carbocycles. The summed E-state index contributed by atoms with van der Waals surface area (Å²) in [5, 5.41) is 2.77. The third-order valence-corrected chi connectivity index (χ3v) is 5.26. The molecule has 0 unspecified atom stereocenters. The maximum atomic E-state index is 12.7. The lowest BCUT2D eigenvalue weighted by molar-refractivity contribution is -0.122. The zero-order valence-corrected chi connectivity index (χ0v) is 15.3. The molecule has 0 spiro atoms. The molecular formula is C16H26N2O3S. The predicted octanol–water partition coefficient (Wildman–Crippen LogP) is 2.15. The van der Waals surface area contributed by atoms with Crippen molar-refractivity contribution in [2.45, 2.75) is 52.0 Å². The highest BCUT2D eigenvalue weighted by Crippen LogP contribution is 2.24. The Morgan fingerprint density at radius 3 is 2.00 bits per heavy atom. The van der Waals surface area contributed by atoms with Crippen molar-refractivity contribution in [2.24, 2.45) is 0 Å². The molecule has 0 saturated carbocycles. The molecule has 6 heteroatoms. The van der Waals surface area contributed by atoms with Crippen LogP contribution in [0.25, 0.3) is 0 Å². The fourth-order valence-electron chi connectivity index (χ4n) is 2.47. The monoisotopic (exact) mass is 326 g/mol. The highest BCUT2D eigenvalue weighted by molar-refractivity contribution is 7.89. The molecule has 0 aromatic heterocycles. The molecule has 124 valence electrons. The van der Waals surface area contributed by atoms with Crippen molar-refractivity contribution >= 4 is 15.9 Å². The Labute approximate surface area is 133 Å². The highest BCUT2D eigenvalue weighted by atomic mass is 32.2. The number of benzene rings is 1. The van der Waals surface area contributed by atoms with Gasteiger partial charge < -0.3 is 5.32 Å². The quantitative estimate of drug-likeness (QED) is 0.922. The molecule has 0 radical (unpaired) electrons. The first kappa shape index (κ1) is 18.6. The molecular weight excluding hydrogens is 300 g/mol. The molecule has 0 aliphatic rings. The molecule has 0 heterocycles. The fraction of sp³-hybridized carbons (Fsp3) is 0.562. The Balaban J connectivity index is 3.07. The Morgan fingerprint density at radius 1 is 1.14 bits per heavy atom. The zero-order chi connectivity index (χ0) is 17.3. The number of sulfonamides is 1. The summed E-state index contributed by atoms with van der Waals surface area (Å²) in [4.78, 5) is 12.2. The largest absolute Gasteiger partial charge is 0.350 e. The first-order valence-electron chi connectivity index (χ1n) is 7.20. The number of nitrogens with zero attached hydrogens (tertiary/aromatic N) is 1. The number of rotatable bonds is 4. The van der Waals surface area contributed by atoms with Gasteiger partial charge in [-0.15, -0.1) is 0 Å². The van der Waals surface area contributed by atoms with E-state index in [1.807, 2.05) is 39.8 Å². The van der Waals surface area contributed by atoms with Crippen LogP contribution in [0.15, 0.2) is 17.0 Å². The Bertz CT molecular complexity index is 650. The van der Waals surface area contributed by atoms with Gasteiger partial charge in [0.05, 0.1) is 11.4 Å². The minimum absolute atomic E-state index is 0.202. The van der Waals surface area contributed by atoms with Gasteiger partial charge in [-0.25, -0.2) is 8.42 Å². The van der Waals surface area contributed by atoms with E-state index in [1.54, 1.807) is 13.8 Å². The molecule has 5 nitrogen and oxygen atoms in total. The summed E-state index contributed by atoms with van der Waals surface area (Å²) >= 11 is 0. The number of carbonyl (C=O) groups is 1. The Hall–Kier alpha value is -1.40. The third kappa shape index (κ3) is 4.55. The van der Waals surface area contributed by atoms with Gasteiger partial charge in [-0.05, 0) is 52.7 Å². The smallest absolute Gasteiger partial charge is 0.243 e. The average molecular weight is 326 g/mol. The molecule has 22 heavy (non-hydrogen) atoms. The molecule has 0 aliphatic heterocycles. The molecule has 0 atom stereocenters. The second kappa shape index (κ2) is 6.38. The van der Waals surface area contributed by atoms with Gasteiger partial charge in [-0.2, -0.15) is 4.31 Å². The van der Waals surface area contributed by atoms with Crippen LogP contribution < -0.4 is 5.32 Å². The van der Waals surface area contributed by atoms with E-state index in [4.69, 9.17) is 0 Å². The van der Waals surface area contributed by atoms with E-state index < -0.39 is 15.6 Å². The summed E-state index contributed by atoms with van der Waals surface area (Å²) in [6.07, 6.45) is 0. The van der Waals surface area contributed by atoms with E-state index in [0.29, 0.717) is 11.1 Å². The first-order chi connectivity index (χ1) is 9.84. The van der Waals surface area contributed by atoms with E-state index in [-0.39, 0.29) is 17.3 Å². The summed E-state index contributed by atoms with van der Waals surface area (Å²) in [6.45, 7) is 10.8. The van der Waals surface area contributed by atoms with Crippen molar-refractivity contribution in [1.29, 1.82) is 0 Å². The van der Waals surface area contributed by atoms with Crippen molar-refractivity contribution in [2.75, 3.05) is 13.6 Å². The van der Waals surface area contributed by atoms with Crippen molar-refractivity contribution in [3.8, 4) is 0 Å². The van der Waals surface area contributed by atoms with E-state index >= 15 is 0 Å². The van der Waals surface area contributed by atoms with Crippen molar-refractivity contribution < 1.29 is 13.2 Å². The van der Waals surface area contributed by atoms with Gasteiger partial charge in [0, 0.05) is 12.6 Å². The minimum Gasteiger partial charge on any atom is -0.350 e. The summed E-state index contributed by atoms with van der Waals surface area (Å²) in [5.74, 6) is -0.319. The topological polar surface area (TPSA) is 66.5 Å². The Kier molecular flexibility index (Phi) is 5.41. The van der Waals surface area contributed by atoms with Gasteiger partial charge in [0.1, 0.15) is 0 Å². The lowest BCUT2D eigenvalue weighted by Crippen LogP contribution is -2.46. The van der Waals surface area contributed by atoms with Crippen molar-refractivity contribution in [3.63, 3.8) is 0 Å². The molecule has 1 rings (SSSR count). The second-order valence-electron chi connectivity index (χ2n) is 6.79. The first-order valence-corrected chi connectivity index (χ1v) is 8.64. The van der Waals surface area contributed by atoms with Crippen LogP contribution in [0.3, 0.4) is 0 Å². The van der Waals surface area contributed by atoms with Gasteiger partial charge in [0.25, 0.3) is 0 Å². The second-order valence-corrected chi connectivity index (χ2v) is 8.77. The van der Waals surface area contributed by atoms with Gasteiger partial charge in [-0.1, -0.05) is 17.7 Å². The van der Waals surface area contributed by atoms with Crippen LogP contribution in [0.5, 0.6) is 0 Å². The molecule has 0 saturated heterocycles. The standard InChI is InChI=1S/C16H26N2O3S/c1-11-8-12(2)15(13(3)9-11)22(20,21)18(7)10-14(19)17-16(4,5)6/h8-9H,10H2,1-7H3,(H,17,19). The van der Waals surface area contributed by atoms with Crippen LogP contribution in [-0.4, -0.2) is 37.8 Å². The van der Waals surface area contributed by atoms with Crippen LogP contribution >= 0.6 is 0 Å². The van der Waals surface area contributed by atoms with E-state index in [2.05, 4.69) is 5.32 Å². The van der Waals surface area contributed by atoms with Gasteiger partial charge in [0.15, 0.2) is 0 Å². The number of nitrogens with one attached hydrogen (secondary N) is 1. The maximum absolute atomic E-state index is 12.7. The number of hydrogen-bond acceptors (Lipinski definition) is 3. The maximum Gasteiger partial charge on any atom is 0.243 e. The summed E-state index contributed by atoms with van der Waals surface area (Å²) in [6, 6.07) is 3.67. The molecule has 0 fully saturated rings. The number of hydrogen-bond donors (Lipinski definition) is 1. The highest BCUT2D eigenvalue weighted by Gasteiger charge is 2.27. The van der Waals surface area contributed by atoms with Gasteiger partial charge in [-0.3, -0.25) is 4.79 Å². The molecule has 0 bridgehead atoms. The third-order valence-electron chi connectivity index (χ3n) is 3.15. The molecule has 1 amide bonds. The molecule has 1 N–H and O–H groups in total. The van der Waals surface area contributed by atoms with Gasteiger partial charge >= 0.3 is 0 Å². The minimum atomic E-state index is -3.70. The van der Waals surface area contributed by atoms with Crippen molar-refractivity contribution in [1.82, 2.24) is 9.62 Å². The van der Waals surface area contributed by atoms with Crippen LogP contribution in [0.4, 0.5) is 0 Å². The van der Waals surface area contributed by atoms with E-state index in [1.165, 1.54) is 7.05 Å². The molecule has 1 aromatic rings. The SMILES string of the molecule is Cc1cc(C)c(S(=O)(=O)N(C)CC(=O)NC(C)(C)C)c(C)c1. The van der Waals surface area contributed by atoms with Crippen LogP contribution in [0, 0.1) is 20.8 Å². The zero-order valence-electron chi connectivity index (χ0n) is 14.4. The van der Waals surface area contributed by atoms with E-state index in [9.17, 15) is 13.2 Å². The average Bonchev–Trinajstić information content (AvgIpc) is 2.23. The summed E-state index contributed by atoms with van der Waals surface area (Å²) in [7, 11) is -2.27. The van der Waals surface area contributed by atoms with Crippen molar-refractivity contribution in [3.05, 3.63) is 28.8 Å². The van der Waals surface area contributed by atoms with Crippen LogP contribution in [0.2, 0.25) is 0 Å².